The highest BCUT2D eigenvalue weighted by Crippen LogP contribution is 2.19. The van der Waals surface area contributed by atoms with Crippen LogP contribution in [0.5, 0.6) is 0 Å². The van der Waals surface area contributed by atoms with E-state index in [1.54, 1.807) is 0 Å². The molecule has 0 amide bonds. The van der Waals surface area contributed by atoms with E-state index in [0.29, 0.717) is 6.04 Å². The van der Waals surface area contributed by atoms with E-state index in [-0.39, 0.29) is 0 Å². The molecule has 1 aliphatic heterocycles. The van der Waals surface area contributed by atoms with Gasteiger partial charge < -0.3 is 9.88 Å². The summed E-state index contributed by atoms with van der Waals surface area (Å²) in [4.78, 5) is 4.86. The molecule has 2 heterocycles. The number of nitrogens with one attached hydrogen (secondary N) is 1. The Morgan fingerprint density at radius 2 is 2.19 bits per heavy atom. The van der Waals surface area contributed by atoms with Crippen molar-refractivity contribution in [3.8, 4) is 0 Å². The molecule has 1 aliphatic rings. The van der Waals surface area contributed by atoms with Crippen LogP contribution in [-0.2, 0) is 13.0 Å². The fourth-order valence-corrected chi connectivity index (χ4v) is 3.36. The summed E-state index contributed by atoms with van der Waals surface area (Å²) in [6, 6.07) is 9.26. The van der Waals surface area contributed by atoms with Gasteiger partial charge in [0.1, 0.15) is 5.82 Å². The summed E-state index contributed by atoms with van der Waals surface area (Å²) in [6.07, 6.45) is 8.83. The van der Waals surface area contributed by atoms with Crippen LogP contribution in [0.2, 0.25) is 0 Å². The summed E-state index contributed by atoms with van der Waals surface area (Å²) >= 11 is 0. The first-order chi connectivity index (χ1) is 10.4. The molecule has 114 valence electrons. The smallest absolute Gasteiger partial charge is 0.109 e. The maximum absolute atomic E-state index is 4.86. The van der Waals surface area contributed by atoms with Crippen molar-refractivity contribution in [1.82, 2.24) is 14.9 Å². The Balaban J connectivity index is 1.77. The molecule has 3 rings (SSSR count). The minimum absolute atomic E-state index is 0.693. The third-order valence-electron chi connectivity index (χ3n) is 4.60. The number of imidazole rings is 1. The minimum Gasteiger partial charge on any atom is -0.328 e. The predicted octanol–water partition coefficient (Wildman–Crippen LogP) is 3.91. The lowest BCUT2D eigenvalue weighted by atomic mass is 10.0. The van der Waals surface area contributed by atoms with Gasteiger partial charge in [0.2, 0.25) is 0 Å². The molecule has 3 heteroatoms. The van der Waals surface area contributed by atoms with Gasteiger partial charge in [-0.15, -0.1) is 0 Å². The van der Waals surface area contributed by atoms with Crippen molar-refractivity contribution in [2.75, 3.05) is 6.54 Å². The fourth-order valence-electron chi connectivity index (χ4n) is 3.36. The number of unbranched alkanes of at least 4 members (excludes halogenated alkanes) is 1. The summed E-state index contributed by atoms with van der Waals surface area (Å²) in [7, 11) is 0. The Morgan fingerprint density at radius 1 is 1.29 bits per heavy atom. The van der Waals surface area contributed by atoms with E-state index >= 15 is 0 Å². The van der Waals surface area contributed by atoms with Crippen molar-refractivity contribution in [1.29, 1.82) is 0 Å². The van der Waals surface area contributed by atoms with Gasteiger partial charge in [0.25, 0.3) is 0 Å². The van der Waals surface area contributed by atoms with Gasteiger partial charge in [0.05, 0.1) is 11.0 Å². The number of para-hydroxylation sites is 2. The molecule has 0 saturated carbocycles. The normalized spacial score (nSPS) is 19.2. The van der Waals surface area contributed by atoms with Crippen LogP contribution in [-0.4, -0.2) is 22.1 Å². The molecule has 2 aromatic rings. The van der Waals surface area contributed by atoms with Crippen LogP contribution in [0.3, 0.4) is 0 Å². The Kier molecular flexibility index (Phi) is 4.91. The predicted molar refractivity (Wildman–Crippen MR) is 88.6 cm³/mol. The molecule has 1 unspecified atom stereocenters. The molecule has 0 bridgehead atoms. The SMILES string of the molecule is CCCCc1nc2ccccc2n1CCC1CCCCN1. The standard InChI is InChI=1S/C18H27N3/c1-2-3-11-18-20-16-9-4-5-10-17(16)21(18)14-12-15-8-6-7-13-19-15/h4-5,9-10,15,19H,2-3,6-8,11-14H2,1H3. The van der Waals surface area contributed by atoms with Gasteiger partial charge in [-0.05, 0) is 44.4 Å². The number of rotatable bonds is 6. The highest BCUT2D eigenvalue weighted by molar-refractivity contribution is 5.75. The van der Waals surface area contributed by atoms with Gasteiger partial charge >= 0.3 is 0 Å². The van der Waals surface area contributed by atoms with Crippen molar-refractivity contribution in [2.24, 2.45) is 0 Å². The van der Waals surface area contributed by atoms with Gasteiger partial charge in [0.15, 0.2) is 0 Å². The van der Waals surface area contributed by atoms with Crippen LogP contribution in [0.25, 0.3) is 11.0 Å². The molecule has 0 radical (unpaired) electrons. The van der Waals surface area contributed by atoms with Crippen molar-refractivity contribution >= 4 is 11.0 Å². The van der Waals surface area contributed by atoms with Gasteiger partial charge in [-0.2, -0.15) is 0 Å². The molecule has 1 fully saturated rings. The van der Waals surface area contributed by atoms with Crippen molar-refractivity contribution in [3.63, 3.8) is 0 Å². The maximum Gasteiger partial charge on any atom is 0.109 e. The molecule has 1 aromatic heterocycles. The van der Waals surface area contributed by atoms with Crippen molar-refractivity contribution < 1.29 is 0 Å². The average Bonchev–Trinajstić information content (AvgIpc) is 2.89. The van der Waals surface area contributed by atoms with E-state index in [2.05, 4.69) is 41.1 Å². The Morgan fingerprint density at radius 3 is 3.00 bits per heavy atom. The second-order valence-corrected chi connectivity index (χ2v) is 6.21. The molecular formula is C18H27N3. The Hall–Kier alpha value is -1.35. The quantitative estimate of drug-likeness (QED) is 0.872. The van der Waals surface area contributed by atoms with Crippen LogP contribution in [0, 0.1) is 0 Å². The highest BCUT2D eigenvalue weighted by atomic mass is 15.1. The van der Waals surface area contributed by atoms with E-state index in [4.69, 9.17) is 4.98 Å². The van der Waals surface area contributed by atoms with Crippen LogP contribution in [0.1, 0.15) is 51.3 Å². The molecule has 0 spiro atoms. The molecule has 3 nitrogen and oxygen atoms in total. The summed E-state index contributed by atoms with van der Waals surface area (Å²) in [5, 5.41) is 3.66. The fraction of sp³-hybridized carbons (Fsp3) is 0.611. The van der Waals surface area contributed by atoms with Crippen LogP contribution >= 0.6 is 0 Å². The first-order valence-electron chi connectivity index (χ1n) is 8.56. The van der Waals surface area contributed by atoms with E-state index in [0.717, 1.165) is 18.5 Å². The zero-order valence-electron chi connectivity index (χ0n) is 13.1. The van der Waals surface area contributed by atoms with E-state index < -0.39 is 0 Å². The lowest BCUT2D eigenvalue weighted by Crippen LogP contribution is -2.34. The van der Waals surface area contributed by atoms with Crippen LogP contribution < -0.4 is 5.32 Å². The van der Waals surface area contributed by atoms with Gasteiger partial charge in [0, 0.05) is 19.0 Å². The zero-order valence-corrected chi connectivity index (χ0v) is 13.1. The number of fused-ring (bicyclic) bond motifs is 1. The van der Waals surface area contributed by atoms with Crippen molar-refractivity contribution in [2.45, 2.75) is 64.5 Å². The number of aromatic nitrogens is 2. The summed E-state index contributed by atoms with van der Waals surface area (Å²) in [6.45, 7) is 4.54. The van der Waals surface area contributed by atoms with E-state index in [1.807, 2.05) is 0 Å². The van der Waals surface area contributed by atoms with Crippen LogP contribution in [0.4, 0.5) is 0 Å². The third-order valence-corrected chi connectivity index (χ3v) is 4.60. The second-order valence-electron chi connectivity index (χ2n) is 6.21. The van der Waals surface area contributed by atoms with E-state index in [9.17, 15) is 0 Å². The molecule has 0 aliphatic carbocycles. The number of hydrogen-bond acceptors (Lipinski definition) is 2. The lowest BCUT2D eigenvalue weighted by molar-refractivity contribution is 0.366. The van der Waals surface area contributed by atoms with E-state index in [1.165, 1.54) is 56.4 Å². The monoisotopic (exact) mass is 285 g/mol. The Labute approximate surface area is 127 Å². The third kappa shape index (κ3) is 3.46. The number of aryl methyl sites for hydroxylation is 2. The molecule has 21 heavy (non-hydrogen) atoms. The Bertz CT molecular complexity index is 567. The summed E-state index contributed by atoms with van der Waals surface area (Å²) in [5.41, 5.74) is 2.46. The number of nitrogens with zero attached hydrogens (tertiary/aromatic N) is 2. The molecule has 1 N–H and O–H groups in total. The zero-order chi connectivity index (χ0) is 14.5. The number of piperidine rings is 1. The minimum atomic E-state index is 0.693. The largest absolute Gasteiger partial charge is 0.328 e. The van der Waals surface area contributed by atoms with Crippen LogP contribution in [0.15, 0.2) is 24.3 Å². The van der Waals surface area contributed by atoms with Gasteiger partial charge in [-0.1, -0.05) is 31.9 Å². The summed E-state index contributed by atoms with van der Waals surface area (Å²) < 4.78 is 2.46. The molecule has 1 atom stereocenters. The van der Waals surface area contributed by atoms with Gasteiger partial charge in [-0.3, -0.25) is 0 Å². The maximum atomic E-state index is 4.86. The highest BCUT2D eigenvalue weighted by Gasteiger charge is 2.15. The molecule has 1 saturated heterocycles. The lowest BCUT2D eigenvalue weighted by Gasteiger charge is -2.24. The second kappa shape index (κ2) is 7.08. The van der Waals surface area contributed by atoms with Gasteiger partial charge in [-0.25, -0.2) is 4.98 Å². The average molecular weight is 285 g/mol. The first-order valence-corrected chi connectivity index (χ1v) is 8.56. The number of benzene rings is 1. The first kappa shape index (κ1) is 14.6. The molecular weight excluding hydrogens is 258 g/mol. The molecule has 1 aromatic carbocycles. The number of hydrogen-bond donors (Lipinski definition) is 1. The summed E-state index contributed by atoms with van der Waals surface area (Å²) in [5.74, 6) is 1.27. The topological polar surface area (TPSA) is 29.9 Å². The van der Waals surface area contributed by atoms with Crippen molar-refractivity contribution in [3.05, 3.63) is 30.1 Å².